The number of carboxylic acid groups (broad SMARTS) is 2. The molecule has 0 aromatic carbocycles. The second-order valence-electron chi connectivity index (χ2n) is 3.16. The predicted octanol–water partition coefficient (Wildman–Crippen LogP) is 1.70. The number of hydrogen-bond acceptors (Lipinski definition) is 4. The second kappa shape index (κ2) is 6.80. The summed E-state index contributed by atoms with van der Waals surface area (Å²) in [6.45, 7) is 0. The van der Waals surface area contributed by atoms with E-state index in [0.29, 0.717) is 0 Å². The lowest BCUT2D eigenvalue weighted by atomic mass is 10.3. The number of halogens is 1. The lowest BCUT2D eigenvalue weighted by molar-refractivity contribution is 0.0676. The third kappa shape index (κ3) is 4.50. The molecule has 0 unspecified atom stereocenters. The Kier molecular flexibility index (Phi) is 5.09. The first kappa shape index (κ1) is 14.2. The molecule has 0 atom stereocenters. The molecule has 0 radical (unpaired) electrons. The summed E-state index contributed by atoms with van der Waals surface area (Å²) in [6.07, 6.45) is 2.68. The molecule has 7 heteroatoms. The van der Waals surface area contributed by atoms with Crippen LogP contribution in [0.25, 0.3) is 0 Å². The van der Waals surface area contributed by atoms with Gasteiger partial charge in [-0.3, -0.25) is 0 Å². The number of carboxylic acids is 2. The number of pyridine rings is 2. The summed E-state index contributed by atoms with van der Waals surface area (Å²) in [4.78, 5) is 27.1. The third-order valence-corrected chi connectivity index (χ3v) is 1.85. The molecule has 0 bridgehead atoms. The van der Waals surface area contributed by atoms with Crippen LogP contribution in [-0.2, 0) is 0 Å². The maximum absolute atomic E-state index is 12.4. The zero-order chi connectivity index (χ0) is 14.3. The van der Waals surface area contributed by atoms with E-state index in [1.54, 1.807) is 12.1 Å². The van der Waals surface area contributed by atoms with E-state index in [-0.39, 0.29) is 5.69 Å². The van der Waals surface area contributed by atoms with E-state index in [2.05, 4.69) is 9.97 Å². The van der Waals surface area contributed by atoms with Crippen molar-refractivity contribution in [3.63, 3.8) is 0 Å². The van der Waals surface area contributed by atoms with Crippen LogP contribution in [0.2, 0.25) is 0 Å². The summed E-state index contributed by atoms with van der Waals surface area (Å²) in [7, 11) is 0. The Morgan fingerprint density at radius 1 is 0.947 bits per heavy atom. The van der Waals surface area contributed by atoms with Crippen molar-refractivity contribution >= 4 is 11.9 Å². The average Bonchev–Trinajstić information content (AvgIpc) is 2.40. The van der Waals surface area contributed by atoms with Gasteiger partial charge in [-0.25, -0.2) is 23.9 Å². The maximum atomic E-state index is 12.4. The minimum atomic E-state index is -1.35. The topological polar surface area (TPSA) is 100 Å². The van der Waals surface area contributed by atoms with Crippen LogP contribution < -0.4 is 0 Å². The van der Waals surface area contributed by atoms with Gasteiger partial charge in [0.15, 0.2) is 11.5 Å². The van der Waals surface area contributed by atoms with Crippen molar-refractivity contribution in [3.05, 3.63) is 59.9 Å². The van der Waals surface area contributed by atoms with Crippen LogP contribution in [0.5, 0.6) is 0 Å². The van der Waals surface area contributed by atoms with Crippen LogP contribution in [0.15, 0.2) is 42.7 Å². The number of aromatic carboxylic acids is 2. The van der Waals surface area contributed by atoms with Gasteiger partial charge in [-0.05, 0) is 24.3 Å². The highest BCUT2D eigenvalue weighted by Crippen LogP contribution is 2.00. The molecule has 0 amide bonds. The van der Waals surface area contributed by atoms with Gasteiger partial charge in [0.1, 0.15) is 5.69 Å². The number of nitrogens with zero attached hydrogens (tertiary/aromatic N) is 2. The SMILES string of the molecule is O=C(O)c1ccccn1.O=C(O)c1ncccc1F. The fraction of sp³-hybridized carbons (Fsp3) is 0. The van der Waals surface area contributed by atoms with Gasteiger partial charge in [-0.1, -0.05) is 6.07 Å². The summed E-state index contributed by atoms with van der Waals surface area (Å²) >= 11 is 0. The van der Waals surface area contributed by atoms with Crippen LogP contribution in [0, 0.1) is 5.82 Å². The molecule has 19 heavy (non-hydrogen) atoms. The highest BCUT2D eigenvalue weighted by Gasteiger charge is 2.08. The summed E-state index contributed by atoms with van der Waals surface area (Å²) in [5.41, 5.74) is -0.458. The molecule has 0 aliphatic rings. The van der Waals surface area contributed by atoms with Crippen LogP contribution in [0.1, 0.15) is 21.0 Å². The number of aromatic nitrogens is 2. The number of rotatable bonds is 2. The molecule has 2 N–H and O–H groups in total. The first-order valence-corrected chi connectivity index (χ1v) is 5.00. The Morgan fingerprint density at radius 2 is 1.63 bits per heavy atom. The molecule has 0 spiro atoms. The van der Waals surface area contributed by atoms with Gasteiger partial charge < -0.3 is 10.2 Å². The lowest BCUT2D eigenvalue weighted by Crippen LogP contribution is -2.02. The summed E-state index contributed by atoms with van der Waals surface area (Å²) in [6, 6.07) is 7.14. The Bertz CT molecular complexity index is 575. The van der Waals surface area contributed by atoms with Gasteiger partial charge in [0, 0.05) is 12.4 Å². The van der Waals surface area contributed by atoms with Crippen molar-refractivity contribution in [3.8, 4) is 0 Å². The fourth-order valence-corrected chi connectivity index (χ4v) is 1.03. The molecular weight excluding hydrogens is 255 g/mol. The molecule has 98 valence electrons. The van der Waals surface area contributed by atoms with Gasteiger partial charge in [0.05, 0.1) is 0 Å². The molecule has 0 saturated carbocycles. The predicted molar refractivity (Wildman–Crippen MR) is 62.4 cm³/mol. The van der Waals surface area contributed by atoms with Crippen LogP contribution in [-0.4, -0.2) is 32.1 Å². The molecule has 0 aliphatic heterocycles. The van der Waals surface area contributed by atoms with Crippen molar-refractivity contribution < 1.29 is 24.2 Å². The van der Waals surface area contributed by atoms with E-state index in [4.69, 9.17) is 10.2 Å². The molecule has 2 aromatic rings. The quantitative estimate of drug-likeness (QED) is 0.856. The van der Waals surface area contributed by atoms with E-state index >= 15 is 0 Å². The number of carbonyl (C=O) groups is 2. The van der Waals surface area contributed by atoms with Crippen molar-refractivity contribution in [2.75, 3.05) is 0 Å². The monoisotopic (exact) mass is 264 g/mol. The Hall–Kier alpha value is -2.83. The van der Waals surface area contributed by atoms with E-state index < -0.39 is 23.4 Å². The van der Waals surface area contributed by atoms with Gasteiger partial charge in [0.25, 0.3) is 0 Å². The molecule has 2 heterocycles. The molecule has 0 aliphatic carbocycles. The van der Waals surface area contributed by atoms with E-state index in [0.717, 1.165) is 6.07 Å². The zero-order valence-electron chi connectivity index (χ0n) is 9.52. The zero-order valence-corrected chi connectivity index (χ0v) is 9.52. The maximum Gasteiger partial charge on any atom is 0.357 e. The average molecular weight is 264 g/mol. The summed E-state index contributed by atoms with van der Waals surface area (Å²) in [5.74, 6) is -3.15. The fourth-order valence-electron chi connectivity index (χ4n) is 1.03. The van der Waals surface area contributed by atoms with Crippen molar-refractivity contribution in [2.45, 2.75) is 0 Å². The molecule has 0 saturated heterocycles. The highest BCUT2D eigenvalue weighted by molar-refractivity contribution is 5.85. The Morgan fingerprint density at radius 3 is 2.00 bits per heavy atom. The normalized spacial score (nSPS) is 9.11. The lowest BCUT2D eigenvalue weighted by Gasteiger charge is -1.91. The Balaban J connectivity index is 0.000000191. The molecular formula is C12H9FN2O4. The Labute approximate surface area is 107 Å². The van der Waals surface area contributed by atoms with Gasteiger partial charge >= 0.3 is 11.9 Å². The van der Waals surface area contributed by atoms with Crippen LogP contribution in [0.4, 0.5) is 4.39 Å². The summed E-state index contributed by atoms with van der Waals surface area (Å²) < 4.78 is 12.4. The van der Waals surface area contributed by atoms with Gasteiger partial charge in [0.2, 0.25) is 0 Å². The van der Waals surface area contributed by atoms with Crippen LogP contribution in [0.3, 0.4) is 0 Å². The third-order valence-electron chi connectivity index (χ3n) is 1.85. The van der Waals surface area contributed by atoms with Crippen LogP contribution >= 0.6 is 0 Å². The van der Waals surface area contributed by atoms with E-state index in [1.807, 2.05) is 0 Å². The van der Waals surface area contributed by atoms with Gasteiger partial charge in [-0.2, -0.15) is 0 Å². The van der Waals surface area contributed by atoms with Crippen molar-refractivity contribution in [2.24, 2.45) is 0 Å². The smallest absolute Gasteiger partial charge is 0.357 e. The minimum Gasteiger partial charge on any atom is -0.477 e. The van der Waals surface area contributed by atoms with Gasteiger partial charge in [-0.15, -0.1) is 0 Å². The molecule has 6 nitrogen and oxygen atoms in total. The molecule has 0 fully saturated rings. The van der Waals surface area contributed by atoms with E-state index in [9.17, 15) is 14.0 Å². The first-order chi connectivity index (χ1) is 9.02. The largest absolute Gasteiger partial charge is 0.477 e. The summed E-state index contributed by atoms with van der Waals surface area (Å²) in [5, 5.41) is 16.6. The van der Waals surface area contributed by atoms with Crippen molar-refractivity contribution in [1.29, 1.82) is 0 Å². The van der Waals surface area contributed by atoms with Crippen molar-refractivity contribution in [1.82, 2.24) is 9.97 Å². The molecule has 2 aromatic heterocycles. The standard InChI is InChI=1S/C6H4FNO2.C6H5NO2/c7-4-2-1-3-8-5(4)6(9)10;8-6(9)5-3-1-2-4-7-5/h1-3H,(H,9,10);1-4H,(H,8,9). The van der Waals surface area contributed by atoms with E-state index in [1.165, 1.54) is 24.5 Å². The molecule has 2 rings (SSSR count). The first-order valence-electron chi connectivity index (χ1n) is 5.00. The highest BCUT2D eigenvalue weighted by atomic mass is 19.1. The number of hydrogen-bond donors (Lipinski definition) is 2. The second-order valence-corrected chi connectivity index (χ2v) is 3.16. The minimum absolute atomic E-state index is 0.0810.